The van der Waals surface area contributed by atoms with Crippen LogP contribution in [-0.4, -0.2) is 39.7 Å². The molecule has 27 heavy (non-hydrogen) atoms. The Kier molecular flexibility index (Phi) is 5.03. The zero-order valence-electron chi connectivity index (χ0n) is 15.5. The summed E-state index contributed by atoms with van der Waals surface area (Å²) in [5.74, 6) is -0.0359. The summed E-state index contributed by atoms with van der Waals surface area (Å²) in [4.78, 5) is 14.9. The van der Waals surface area contributed by atoms with Gasteiger partial charge in [0, 0.05) is 43.6 Å². The number of amides is 1. The summed E-state index contributed by atoms with van der Waals surface area (Å²) < 4.78 is 1.78. The van der Waals surface area contributed by atoms with Crippen LogP contribution in [0.25, 0.3) is 5.69 Å². The first-order valence-electron chi connectivity index (χ1n) is 9.40. The predicted molar refractivity (Wildman–Crippen MR) is 106 cm³/mol. The van der Waals surface area contributed by atoms with Crippen LogP contribution < -0.4 is 5.32 Å². The smallest absolute Gasteiger partial charge is 0.251 e. The molecule has 1 unspecified atom stereocenters. The molecule has 1 atom stereocenters. The Balaban J connectivity index is 1.32. The molecule has 0 saturated heterocycles. The van der Waals surface area contributed by atoms with Crippen LogP contribution >= 0.6 is 0 Å². The van der Waals surface area contributed by atoms with Crippen molar-refractivity contribution in [3.63, 3.8) is 0 Å². The number of aromatic nitrogens is 2. The third-order valence-corrected chi connectivity index (χ3v) is 5.24. The number of carbonyl (C=O) groups excluding carboxylic acids is 1. The van der Waals surface area contributed by atoms with Crippen LogP contribution in [0.1, 0.15) is 28.4 Å². The van der Waals surface area contributed by atoms with Gasteiger partial charge in [0.2, 0.25) is 0 Å². The summed E-state index contributed by atoms with van der Waals surface area (Å²) in [6, 6.07) is 18.3. The second kappa shape index (κ2) is 7.76. The Morgan fingerprint density at radius 2 is 1.89 bits per heavy atom. The molecule has 1 aliphatic heterocycles. The lowest BCUT2D eigenvalue weighted by Gasteiger charge is -2.33. The lowest BCUT2D eigenvalue weighted by molar-refractivity contribution is 0.0932. The van der Waals surface area contributed by atoms with E-state index >= 15 is 0 Å². The third kappa shape index (κ3) is 3.93. The van der Waals surface area contributed by atoms with Gasteiger partial charge in [0.05, 0.1) is 5.69 Å². The zero-order valence-corrected chi connectivity index (χ0v) is 15.5. The fourth-order valence-corrected chi connectivity index (χ4v) is 3.55. The van der Waals surface area contributed by atoms with Crippen LogP contribution in [0.15, 0.2) is 67.0 Å². The van der Waals surface area contributed by atoms with Gasteiger partial charge in [-0.3, -0.25) is 9.69 Å². The molecular formula is C22H24N4O. The van der Waals surface area contributed by atoms with Gasteiger partial charge in [-0.25, -0.2) is 4.68 Å². The second-order valence-corrected chi connectivity index (χ2v) is 7.05. The molecule has 2 aromatic carbocycles. The Labute approximate surface area is 159 Å². The van der Waals surface area contributed by atoms with Crippen molar-refractivity contribution in [2.24, 2.45) is 0 Å². The molecule has 1 amide bonds. The average Bonchev–Trinajstić information content (AvgIpc) is 3.26. The van der Waals surface area contributed by atoms with Crippen LogP contribution in [-0.2, 0) is 13.0 Å². The van der Waals surface area contributed by atoms with Gasteiger partial charge in [0.1, 0.15) is 0 Å². The summed E-state index contributed by atoms with van der Waals surface area (Å²) in [6.07, 6.45) is 4.69. The molecule has 0 spiro atoms. The number of carbonyl (C=O) groups is 1. The highest BCUT2D eigenvalue weighted by Crippen LogP contribution is 2.20. The van der Waals surface area contributed by atoms with E-state index in [0.29, 0.717) is 18.2 Å². The van der Waals surface area contributed by atoms with E-state index in [2.05, 4.69) is 46.5 Å². The molecule has 0 aliphatic carbocycles. The number of hydrogen-bond donors (Lipinski definition) is 1. The van der Waals surface area contributed by atoms with Gasteiger partial charge in [0.25, 0.3) is 5.91 Å². The lowest BCUT2D eigenvalue weighted by Crippen LogP contribution is -2.44. The highest BCUT2D eigenvalue weighted by molar-refractivity contribution is 5.94. The quantitative estimate of drug-likeness (QED) is 0.761. The standard InChI is InChI=1S/C22H24N4O/c1-17(25-14-11-18-5-2-3-6-20(18)16-25)15-23-22(27)19-7-9-21(10-8-19)26-13-4-12-24-26/h2-10,12-13,17H,11,14-16H2,1H3,(H,23,27). The van der Waals surface area contributed by atoms with Gasteiger partial charge in [-0.05, 0) is 54.8 Å². The molecule has 1 aliphatic rings. The van der Waals surface area contributed by atoms with E-state index in [-0.39, 0.29) is 5.91 Å². The van der Waals surface area contributed by atoms with Crippen LogP contribution in [0.3, 0.4) is 0 Å². The van der Waals surface area contributed by atoms with Gasteiger partial charge in [-0.15, -0.1) is 0 Å². The van der Waals surface area contributed by atoms with Crippen LogP contribution in [0.5, 0.6) is 0 Å². The molecule has 0 bridgehead atoms. The molecule has 5 nitrogen and oxygen atoms in total. The summed E-state index contributed by atoms with van der Waals surface area (Å²) in [6.45, 7) is 4.80. The Morgan fingerprint density at radius 1 is 1.11 bits per heavy atom. The van der Waals surface area contributed by atoms with E-state index < -0.39 is 0 Å². The molecule has 1 aromatic heterocycles. The molecule has 3 aromatic rings. The number of nitrogens with one attached hydrogen (secondary N) is 1. The summed E-state index contributed by atoms with van der Waals surface area (Å²) >= 11 is 0. The fourth-order valence-electron chi connectivity index (χ4n) is 3.55. The monoisotopic (exact) mass is 360 g/mol. The molecule has 5 heteroatoms. The first kappa shape index (κ1) is 17.5. The summed E-state index contributed by atoms with van der Waals surface area (Å²) in [5, 5.41) is 7.27. The van der Waals surface area contributed by atoms with E-state index in [9.17, 15) is 4.79 Å². The molecule has 2 heterocycles. The normalized spacial score (nSPS) is 15.1. The van der Waals surface area contributed by atoms with Gasteiger partial charge in [-0.1, -0.05) is 24.3 Å². The van der Waals surface area contributed by atoms with Gasteiger partial charge in [-0.2, -0.15) is 5.10 Å². The van der Waals surface area contributed by atoms with Crippen molar-refractivity contribution >= 4 is 5.91 Å². The highest BCUT2D eigenvalue weighted by atomic mass is 16.1. The predicted octanol–water partition coefficient (Wildman–Crippen LogP) is 3.05. The van der Waals surface area contributed by atoms with E-state index in [1.165, 1.54) is 11.1 Å². The van der Waals surface area contributed by atoms with Gasteiger partial charge in [0.15, 0.2) is 0 Å². The second-order valence-electron chi connectivity index (χ2n) is 7.05. The zero-order chi connectivity index (χ0) is 18.6. The van der Waals surface area contributed by atoms with Crippen LogP contribution in [0, 0.1) is 0 Å². The number of benzene rings is 2. The maximum absolute atomic E-state index is 12.5. The van der Waals surface area contributed by atoms with Gasteiger partial charge < -0.3 is 5.32 Å². The van der Waals surface area contributed by atoms with Crippen molar-refractivity contribution in [3.05, 3.63) is 83.7 Å². The topological polar surface area (TPSA) is 50.2 Å². The maximum atomic E-state index is 12.5. The molecule has 138 valence electrons. The van der Waals surface area contributed by atoms with E-state index in [1.54, 1.807) is 10.9 Å². The molecule has 0 fully saturated rings. The fraction of sp³-hybridized carbons (Fsp3) is 0.273. The van der Waals surface area contributed by atoms with E-state index in [4.69, 9.17) is 0 Å². The molecule has 4 rings (SSSR count). The first-order chi connectivity index (χ1) is 13.2. The molecule has 0 saturated carbocycles. The third-order valence-electron chi connectivity index (χ3n) is 5.24. The van der Waals surface area contributed by atoms with Crippen molar-refractivity contribution in [2.75, 3.05) is 13.1 Å². The average molecular weight is 360 g/mol. The van der Waals surface area contributed by atoms with Crippen molar-refractivity contribution in [2.45, 2.75) is 25.9 Å². The number of hydrogen-bond acceptors (Lipinski definition) is 3. The molecule has 1 N–H and O–H groups in total. The van der Waals surface area contributed by atoms with Crippen LogP contribution in [0.2, 0.25) is 0 Å². The van der Waals surface area contributed by atoms with Crippen molar-refractivity contribution in [1.29, 1.82) is 0 Å². The van der Waals surface area contributed by atoms with Crippen molar-refractivity contribution < 1.29 is 4.79 Å². The minimum Gasteiger partial charge on any atom is -0.350 e. The van der Waals surface area contributed by atoms with Crippen molar-refractivity contribution in [3.8, 4) is 5.69 Å². The van der Waals surface area contributed by atoms with Gasteiger partial charge >= 0.3 is 0 Å². The Hall–Kier alpha value is -2.92. The highest BCUT2D eigenvalue weighted by Gasteiger charge is 2.20. The molecular weight excluding hydrogens is 336 g/mol. The molecule has 0 radical (unpaired) electrons. The van der Waals surface area contributed by atoms with Crippen LogP contribution in [0.4, 0.5) is 0 Å². The minimum atomic E-state index is -0.0359. The van der Waals surface area contributed by atoms with Crippen molar-refractivity contribution in [1.82, 2.24) is 20.0 Å². The van der Waals surface area contributed by atoms with E-state index in [1.807, 2.05) is 36.5 Å². The van der Waals surface area contributed by atoms with E-state index in [0.717, 1.165) is 25.2 Å². The number of nitrogens with zero attached hydrogens (tertiary/aromatic N) is 3. The summed E-state index contributed by atoms with van der Waals surface area (Å²) in [5.41, 5.74) is 4.46. The SMILES string of the molecule is CC(CNC(=O)c1ccc(-n2cccn2)cc1)N1CCc2ccccc2C1. The Morgan fingerprint density at radius 3 is 2.63 bits per heavy atom. The Bertz CT molecular complexity index is 902. The minimum absolute atomic E-state index is 0.0359. The number of fused-ring (bicyclic) bond motifs is 1. The lowest BCUT2D eigenvalue weighted by atomic mass is 9.99. The first-order valence-corrected chi connectivity index (χ1v) is 9.40. The maximum Gasteiger partial charge on any atom is 0.251 e. The number of rotatable bonds is 5. The summed E-state index contributed by atoms with van der Waals surface area (Å²) in [7, 11) is 0. The largest absolute Gasteiger partial charge is 0.350 e.